The Bertz CT molecular complexity index is 683. The summed E-state index contributed by atoms with van der Waals surface area (Å²) in [4.78, 5) is 11.8. The topological polar surface area (TPSA) is 26.3 Å². The van der Waals surface area contributed by atoms with Crippen LogP contribution in [0.5, 0.6) is 0 Å². The van der Waals surface area contributed by atoms with Gasteiger partial charge in [0.05, 0.1) is 6.61 Å². The molecule has 1 aliphatic carbocycles. The van der Waals surface area contributed by atoms with E-state index in [4.69, 9.17) is 4.74 Å². The van der Waals surface area contributed by atoms with Crippen molar-refractivity contribution in [1.29, 1.82) is 0 Å². The minimum atomic E-state index is -0.233. The highest BCUT2D eigenvalue weighted by molar-refractivity contribution is 6.00. The molecule has 0 saturated carbocycles. The number of ether oxygens (including phenoxy) is 1. The zero-order chi connectivity index (χ0) is 13.9. The average molecular weight is 266 g/mol. The summed E-state index contributed by atoms with van der Waals surface area (Å²) in [7, 11) is 0. The van der Waals surface area contributed by atoms with Gasteiger partial charge in [0, 0.05) is 6.08 Å². The molecular weight excluding hydrogens is 248 g/mol. The third-order valence-electron chi connectivity index (χ3n) is 3.81. The number of rotatable bonds is 2. The van der Waals surface area contributed by atoms with Gasteiger partial charge in [-0.15, -0.1) is 0 Å². The van der Waals surface area contributed by atoms with Crippen LogP contribution in [0.3, 0.4) is 0 Å². The van der Waals surface area contributed by atoms with Gasteiger partial charge in [0.25, 0.3) is 0 Å². The van der Waals surface area contributed by atoms with Crippen LogP contribution in [-0.4, -0.2) is 12.6 Å². The summed E-state index contributed by atoms with van der Waals surface area (Å²) < 4.78 is 5.06. The van der Waals surface area contributed by atoms with Gasteiger partial charge < -0.3 is 4.74 Å². The van der Waals surface area contributed by atoms with Gasteiger partial charge in [0.2, 0.25) is 0 Å². The van der Waals surface area contributed by atoms with Crippen LogP contribution in [0.25, 0.3) is 16.3 Å². The largest absolute Gasteiger partial charge is 0.463 e. The number of carbonyl (C=O) groups is 1. The van der Waals surface area contributed by atoms with Crippen LogP contribution in [0.2, 0.25) is 0 Å². The molecule has 0 fully saturated rings. The Kier molecular flexibility index (Phi) is 3.55. The fourth-order valence-corrected chi connectivity index (χ4v) is 2.97. The summed E-state index contributed by atoms with van der Waals surface area (Å²) in [6.45, 7) is 2.26. The van der Waals surface area contributed by atoms with E-state index in [1.807, 2.05) is 13.0 Å². The third-order valence-corrected chi connectivity index (χ3v) is 3.81. The van der Waals surface area contributed by atoms with Crippen molar-refractivity contribution in [2.75, 3.05) is 6.61 Å². The van der Waals surface area contributed by atoms with Crippen molar-refractivity contribution < 1.29 is 9.53 Å². The lowest BCUT2D eigenvalue weighted by atomic mass is 9.84. The van der Waals surface area contributed by atoms with E-state index in [2.05, 4.69) is 30.3 Å². The molecule has 2 nitrogen and oxygen atoms in total. The Morgan fingerprint density at radius 1 is 1.20 bits per heavy atom. The lowest BCUT2D eigenvalue weighted by Crippen LogP contribution is -2.06. The fraction of sp³-hybridized carbons (Fsp3) is 0.278. The number of carbonyl (C=O) groups excluding carboxylic acids is 1. The van der Waals surface area contributed by atoms with Gasteiger partial charge in [-0.2, -0.15) is 0 Å². The van der Waals surface area contributed by atoms with Gasteiger partial charge in [0.15, 0.2) is 0 Å². The van der Waals surface area contributed by atoms with Crippen molar-refractivity contribution in [2.24, 2.45) is 0 Å². The van der Waals surface area contributed by atoms with E-state index in [-0.39, 0.29) is 5.97 Å². The SMILES string of the molecule is CCOC(=O)/C=C1\CCCc2ccc3ccccc3c21. The van der Waals surface area contributed by atoms with Crippen LogP contribution in [0.1, 0.15) is 30.9 Å². The Morgan fingerprint density at radius 3 is 2.90 bits per heavy atom. The van der Waals surface area contributed by atoms with Gasteiger partial charge in [-0.25, -0.2) is 4.79 Å². The molecule has 2 aromatic carbocycles. The van der Waals surface area contributed by atoms with Crippen LogP contribution in [0, 0.1) is 0 Å². The number of esters is 1. The predicted molar refractivity (Wildman–Crippen MR) is 81.5 cm³/mol. The molecule has 20 heavy (non-hydrogen) atoms. The summed E-state index contributed by atoms with van der Waals surface area (Å²) >= 11 is 0. The van der Waals surface area contributed by atoms with E-state index in [0.717, 1.165) is 24.8 Å². The molecule has 0 aliphatic heterocycles. The van der Waals surface area contributed by atoms with Crippen LogP contribution < -0.4 is 0 Å². The minimum Gasteiger partial charge on any atom is -0.463 e. The molecule has 2 aromatic rings. The van der Waals surface area contributed by atoms with Crippen LogP contribution in [0.4, 0.5) is 0 Å². The van der Waals surface area contributed by atoms with E-state index in [1.54, 1.807) is 6.08 Å². The number of fused-ring (bicyclic) bond motifs is 3. The molecule has 0 N–H and O–H groups in total. The average Bonchev–Trinajstić information content (AvgIpc) is 2.47. The highest BCUT2D eigenvalue weighted by Crippen LogP contribution is 2.36. The molecule has 0 spiro atoms. The molecular formula is C18H18O2. The maximum Gasteiger partial charge on any atom is 0.331 e. The Morgan fingerprint density at radius 2 is 2.05 bits per heavy atom. The van der Waals surface area contributed by atoms with Gasteiger partial charge in [0.1, 0.15) is 0 Å². The summed E-state index contributed by atoms with van der Waals surface area (Å²) in [5.74, 6) is -0.233. The molecule has 0 bridgehead atoms. The predicted octanol–water partition coefficient (Wildman–Crippen LogP) is 4.12. The Hall–Kier alpha value is -2.09. The van der Waals surface area contributed by atoms with Gasteiger partial charge >= 0.3 is 5.97 Å². The molecule has 0 radical (unpaired) electrons. The highest BCUT2D eigenvalue weighted by atomic mass is 16.5. The highest BCUT2D eigenvalue weighted by Gasteiger charge is 2.17. The smallest absolute Gasteiger partial charge is 0.331 e. The maximum atomic E-state index is 11.8. The second-order valence-electron chi connectivity index (χ2n) is 5.10. The molecule has 3 rings (SSSR count). The molecule has 2 heteroatoms. The third kappa shape index (κ3) is 2.34. The van der Waals surface area contributed by atoms with Crippen molar-refractivity contribution in [1.82, 2.24) is 0 Å². The van der Waals surface area contributed by atoms with Crippen molar-refractivity contribution in [2.45, 2.75) is 26.2 Å². The van der Waals surface area contributed by atoms with Gasteiger partial charge in [-0.1, -0.05) is 36.4 Å². The number of aryl methyl sites for hydroxylation is 1. The van der Waals surface area contributed by atoms with Gasteiger partial charge in [-0.05, 0) is 53.7 Å². The molecule has 0 atom stereocenters. The molecule has 0 heterocycles. The monoisotopic (exact) mass is 266 g/mol. The van der Waals surface area contributed by atoms with Crippen molar-refractivity contribution >= 4 is 22.3 Å². The second kappa shape index (κ2) is 5.49. The first-order chi connectivity index (χ1) is 9.79. The van der Waals surface area contributed by atoms with E-state index >= 15 is 0 Å². The maximum absolute atomic E-state index is 11.8. The molecule has 0 aromatic heterocycles. The number of hydrogen-bond donors (Lipinski definition) is 0. The molecule has 0 amide bonds. The summed E-state index contributed by atoms with van der Waals surface area (Å²) in [5.41, 5.74) is 3.69. The first-order valence-corrected chi connectivity index (χ1v) is 7.18. The number of benzene rings is 2. The quantitative estimate of drug-likeness (QED) is 0.603. The van der Waals surface area contributed by atoms with Crippen molar-refractivity contribution in [3.05, 3.63) is 53.6 Å². The van der Waals surface area contributed by atoms with Crippen LogP contribution in [-0.2, 0) is 16.0 Å². The lowest BCUT2D eigenvalue weighted by molar-refractivity contribution is -0.137. The van der Waals surface area contributed by atoms with Gasteiger partial charge in [-0.3, -0.25) is 0 Å². The van der Waals surface area contributed by atoms with Crippen molar-refractivity contribution in [3.63, 3.8) is 0 Å². The molecule has 1 aliphatic rings. The Balaban J connectivity index is 2.15. The summed E-state index contributed by atoms with van der Waals surface area (Å²) in [6.07, 6.45) is 4.80. The first-order valence-electron chi connectivity index (χ1n) is 7.18. The fourth-order valence-electron chi connectivity index (χ4n) is 2.97. The Labute approximate surface area is 119 Å². The number of hydrogen-bond acceptors (Lipinski definition) is 2. The van der Waals surface area contributed by atoms with E-state index in [0.29, 0.717) is 6.61 Å². The molecule has 102 valence electrons. The zero-order valence-corrected chi connectivity index (χ0v) is 11.7. The number of allylic oxidation sites excluding steroid dienone is 1. The zero-order valence-electron chi connectivity index (χ0n) is 11.7. The minimum absolute atomic E-state index is 0.233. The standard InChI is InChI=1S/C18H18O2/c1-2-20-17(19)12-15-8-5-7-14-11-10-13-6-3-4-9-16(13)18(14)15/h3-4,6,9-12H,2,5,7-8H2,1H3/b15-12+. The van der Waals surface area contributed by atoms with Crippen LogP contribution >= 0.6 is 0 Å². The molecule has 0 saturated heterocycles. The van der Waals surface area contributed by atoms with E-state index in [9.17, 15) is 4.79 Å². The van der Waals surface area contributed by atoms with E-state index < -0.39 is 0 Å². The summed E-state index contributed by atoms with van der Waals surface area (Å²) in [6, 6.07) is 12.7. The summed E-state index contributed by atoms with van der Waals surface area (Å²) in [5, 5.41) is 2.46. The molecule has 0 unspecified atom stereocenters. The normalized spacial score (nSPS) is 16.1. The van der Waals surface area contributed by atoms with Crippen LogP contribution in [0.15, 0.2) is 42.5 Å². The second-order valence-corrected chi connectivity index (χ2v) is 5.10. The van der Waals surface area contributed by atoms with Crippen molar-refractivity contribution in [3.8, 4) is 0 Å². The first kappa shape index (κ1) is 12.9. The van der Waals surface area contributed by atoms with E-state index in [1.165, 1.54) is 21.9 Å². The lowest BCUT2D eigenvalue weighted by Gasteiger charge is -2.21.